The summed E-state index contributed by atoms with van der Waals surface area (Å²) in [5.41, 5.74) is 8.07. The lowest BCUT2D eigenvalue weighted by Crippen LogP contribution is -2.36. The Morgan fingerprint density at radius 3 is 2.67 bits per heavy atom. The first-order valence-corrected chi connectivity index (χ1v) is 10.9. The van der Waals surface area contributed by atoms with Crippen LogP contribution in [-0.4, -0.2) is 29.6 Å². The summed E-state index contributed by atoms with van der Waals surface area (Å²) in [6.07, 6.45) is 4.75. The van der Waals surface area contributed by atoms with E-state index in [1.807, 2.05) is 12.1 Å². The summed E-state index contributed by atoms with van der Waals surface area (Å²) in [4.78, 5) is 11.3. The van der Waals surface area contributed by atoms with Gasteiger partial charge in [0.15, 0.2) is 0 Å². The molecule has 1 atom stereocenters. The molecule has 0 bridgehead atoms. The number of halogens is 2. The average Bonchev–Trinajstić information content (AvgIpc) is 3.08. The third kappa shape index (κ3) is 3.86. The SMILES string of the molecule is NCCC(c1ccc(F)cc1)C1CCN(c2ncnc3c(Br)csc23)CC1. The van der Waals surface area contributed by atoms with Crippen LogP contribution in [0.4, 0.5) is 10.2 Å². The van der Waals surface area contributed by atoms with E-state index in [1.165, 1.54) is 5.56 Å². The van der Waals surface area contributed by atoms with Crippen molar-refractivity contribution in [3.05, 3.63) is 51.8 Å². The molecule has 1 aromatic carbocycles. The van der Waals surface area contributed by atoms with Crippen LogP contribution in [0.3, 0.4) is 0 Å². The quantitative estimate of drug-likeness (QED) is 0.600. The van der Waals surface area contributed by atoms with Gasteiger partial charge in [-0.15, -0.1) is 11.3 Å². The van der Waals surface area contributed by atoms with Crippen molar-refractivity contribution < 1.29 is 4.39 Å². The number of anilines is 1. The van der Waals surface area contributed by atoms with Gasteiger partial charge in [0.1, 0.15) is 23.5 Å². The highest BCUT2D eigenvalue weighted by molar-refractivity contribution is 9.10. The number of hydrogen-bond acceptors (Lipinski definition) is 5. The minimum absolute atomic E-state index is 0.185. The van der Waals surface area contributed by atoms with Crippen LogP contribution >= 0.6 is 27.3 Å². The number of fused-ring (bicyclic) bond motifs is 1. The normalized spacial score (nSPS) is 16.8. The van der Waals surface area contributed by atoms with Gasteiger partial charge in [0, 0.05) is 18.5 Å². The average molecular weight is 449 g/mol. The highest BCUT2D eigenvalue weighted by atomic mass is 79.9. The Morgan fingerprint density at radius 1 is 1.22 bits per heavy atom. The Labute approximate surface area is 170 Å². The summed E-state index contributed by atoms with van der Waals surface area (Å²) in [7, 11) is 0. The first-order valence-electron chi connectivity index (χ1n) is 9.25. The largest absolute Gasteiger partial charge is 0.355 e. The molecule has 2 aromatic heterocycles. The number of hydrogen-bond donors (Lipinski definition) is 1. The minimum Gasteiger partial charge on any atom is -0.355 e. The summed E-state index contributed by atoms with van der Waals surface area (Å²) in [6.45, 7) is 2.58. The number of thiophene rings is 1. The summed E-state index contributed by atoms with van der Waals surface area (Å²) < 4.78 is 15.5. The Kier molecular flexibility index (Phi) is 5.71. The predicted molar refractivity (Wildman–Crippen MR) is 113 cm³/mol. The highest BCUT2D eigenvalue weighted by Crippen LogP contribution is 2.39. The fourth-order valence-corrected chi connectivity index (χ4v) is 5.72. The molecular formula is C20H22BrFN4S. The van der Waals surface area contributed by atoms with E-state index in [1.54, 1.807) is 29.8 Å². The minimum atomic E-state index is -0.185. The van der Waals surface area contributed by atoms with Crippen LogP contribution in [0.2, 0.25) is 0 Å². The Morgan fingerprint density at radius 2 is 1.96 bits per heavy atom. The lowest BCUT2D eigenvalue weighted by atomic mass is 9.78. The van der Waals surface area contributed by atoms with Gasteiger partial charge in [-0.1, -0.05) is 12.1 Å². The third-order valence-corrected chi connectivity index (χ3v) is 7.35. The maximum atomic E-state index is 13.3. The smallest absolute Gasteiger partial charge is 0.150 e. The molecule has 3 heterocycles. The van der Waals surface area contributed by atoms with Crippen molar-refractivity contribution in [1.82, 2.24) is 9.97 Å². The molecule has 2 N–H and O–H groups in total. The lowest BCUT2D eigenvalue weighted by molar-refractivity contribution is 0.329. The molecule has 142 valence electrons. The topological polar surface area (TPSA) is 55.0 Å². The van der Waals surface area contributed by atoms with Gasteiger partial charge in [0.2, 0.25) is 0 Å². The summed E-state index contributed by atoms with van der Waals surface area (Å²) in [5, 5.41) is 2.07. The van der Waals surface area contributed by atoms with Crippen LogP contribution in [0.1, 0.15) is 30.7 Å². The van der Waals surface area contributed by atoms with E-state index < -0.39 is 0 Å². The Bertz CT molecular complexity index is 906. The van der Waals surface area contributed by atoms with Gasteiger partial charge in [-0.3, -0.25) is 0 Å². The third-order valence-electron chi connectivity index (χ3n) is 5.48. The lowest BCUT2D eigenvalue weighted by Gasteiger charge is -2.37. The van der Waals surface area contributed by atoms with Crippen molar-refractivity contribution in [3.8, 4) is 0 Å². The molecule has 3 aromatic rings. The van der Waals surface area contributed by atoms with Crippen LogP contribution in [0, 0.1) is 11.7 Å². The molecule has 27 heavy (non-hydrogen) atoms. The first-order chi connectivity index (χ1) is 13.2. The van der Waals surface area contributed by atoms with Crippen molar-refractivity contribution in [2.45, 2.75) is 25.2 Å². The Balaban J connectivity index is 1.50. The standard InChI is InChI=1S/C20H22BrFN4S/c21-17-11-27-19-18(17)24-12-25-20(19)26-9-6-14(7-10-26)16(5-8-23)13-1-3-15(22)4-2-13/h1-4,11-12,14,16H,5-10,23H2. The number of nitrogens with two attached hydrogens (primary N) is 1. The zero-order chi connectivity index (χ0) is 18.8. The van der Waals surface area contributed by atoms with Crippen LogP contribution in [-0.2, 0) is 0 Å². The molecule has 0 aliphatic carbocycles. The van der Waals surface area contributed by atoms with Crippen LogP contribution in [0.15, 0.2) is 40.4 Å². The number of aromatic nitrogens is 2. The second-order valence-corrected chi connectivity index (χ2v) is 8.75. The second-order valence-electron chi connectivity index (χ2n) is 7.02. The molecule has 0 spiro atoms. The molecule has 0 radical (unpaired) electrons. The maximum absolute atomic E-state index is 13.3. The van der Waals surface area contributed by atoms with Gasteiger partial charge in [0.25, 0.3) is 0 Å². The van der Waals surface area contributed by atoms with E-state index in [4.69, 9.17) is 5.73 Å². The molecule has 1 unspecified atom stereocenters. The summed E-state index contributed by atoms with van der Waals surface area (Å²) in [6, 6.07) is 6.94. The molecule has 1 fully saturated rings. The highest BCUT2D eigenvalue weighted by Gasteiger charge is 2.28. The number of nitrogens with zero attached hydrogens (tertiary/aromatic N) is 3. The molecule has 0 amide bonds. The predicted octanol–water partition coefficient (Wildman–Crippen LogP) is 4.94. The number of benzene rings is 1. The van der Waals surface area contributed by atoms with E-state index in [-0.39, 0.29) is 5.82 Å². The van der Waals surface area contributed by atoms with E-state index in [2.05, 4.69) is 36.2 Å². The first kappa shape index (κ1) is 18.8. The second kappa shape index (κ2) is 8.20. The molecule has 0 saturated carbocycles. The van der Waals surface area contributed by atoms with Crippen molar-refractivity contribution >= 4 is 43.3 Å². The van der Waals surface area contributed by atoms with Gasteiger partial charge < -0.3 is 10.6 Å². The van der Waals surface area contributed by atoms with E-state index in [0.29, 0.717) is 18.4 Å². The van der Waals surface area contributed by atoms with Crippen LogP contribution in [0.25, 0.3) is 10.2 Å². The van der Waals surface area contributed by atoms with Gasteiger partial charge in [0.05, 0.1) is 9.17 Å². The molecule has 4 rings (SSSR count). The van der Waals surface area contributed by atoms with Gasteiger partial charge in [-0.05, 0) is 71.3 Å². The zero-order valence-electron chi connectivity index (χ0n) is 14.9. The molecule has 1 aliphatic heterocycles. The van der Waals surface area contributed by atoms with Crippen molar-refractivity contribution in [1.29, 1.82) is 0 Å². The van der Waals surface area contributed by atoms with E-state index >= 15 is 0 Å². The van der Waals surface area contributed by atoms with Crippen LogP contribution < -0.4 is 10.6 Å². The van der Waals surface area contributed by atoms with Gasteiger partial charge in [-0.2, -0.15) is 0 Å². The zero-order valence-corrected chi connectivity index (χ0v) is 17.3. The van der Waals surface area contributed by atoms with Gasteiger partial charge in [-0.25, -0.2) is 14.4 Å². The number of rotatable bonds is 5. The maximum Gasteiger partial charge on any atom is 0.150 e. The monoisotopic (exact) mass is 448 g/mol. The van der Waals surface area contributed by atoms with Crippen molar-refractivity contribution in [2.24, 2.45) is 11.7 Å². The van der Waals surface area contributed by atoms with E-state index in [9.17, 15) is 4.39 Å². The molecule has 4 nitrogen and oxygen atoms in total. The van der Waals surface area contributed by atoms with Crippen LogP contribution in [0.5, 0.6) is 0 Å². The van der Waals surface area contributed by atoms with Gasteiger partial charge >= 0.3 is 0 Å². The molecule has 1 aliphatic rings. The number of piperidine rings is 1. The fourth-order valence-electron chi connectivity index (χ4n) is 4.11. The van der Waals surface area contributed by atoms with E-state index in [0.717, 1.165) is 52.9 Å². The Hall–Kier alpha value is -1.57. The molecular weight excluding hydrogens is 427 g/mol. The van der Waals surface area contributed by atoms with Crippen molar-refractivity contribution in [2.75, 3.05) is 24.5 Å². The fraction of sp³-hybridized carbons (Fsp3) is 0.400. The molecule has 7 heteroatoms. The summed E-state index contributed by atoms with van der Waals surface area (Å²) in [5.74, 6) is 1.79. The summed E-state index contributed by atoms with van der Waals surface area (Å²) >= 11 is 5.25. The van der Waals surface area contributed by atoms with Crippen molar-refractivity contribution in [3.63, 3.8) is 0 Å². The molecule has 1 saturated heterocycles.